The van der Waals surface area contributed by atoms with E-state index in [1.807, 2.05) is 20.8 Å². The Kier molecular flexibility index (Phi) is 3.65. The van der Waals surface area contributed by atoms with Crippen LogP contribution in [0, 0.1) is 0 Å². The minimum absolute atomic E-state index is 0.180. The lowest BCUT2D eigenvalue weighted by atomic mass is 9.90. The molecule has 1 amide bonds. The lowest BCUT2D eigenvalue weighted by Gasteiger charge is -2.19. The maximum absolute atomic E-state index is 12.2. The Morgan fingerprint density at radius 3 is 2.45 bits per heavy atom. The summed E-state index contributed by atoms with van der Waals surface area (Å²) in [5, 5.41) is 2.72. The molecule has 0 aliphatic carbocycles. The summed E-state index contributed by atoms with van der Waals surface area (Å²) in [5.41, 5.74) is 7.36. The van der Waals surface area contributed by atoms with Crippen molar-refractivity contribution in [2.45, 2.75) is 26.2 Å². The van der Waals surface area contributed by atoms with Gasteiger partial charge in [0.05, 0.1) is 18.1 Å². The van der Waals surface area contributed by atoms with Gasteiger partial charge in [0, 0.05) is 16.7 Å². The molecule has 3 N–H and O–H groups in total. The van der Waals surface area contributed by atoms with E-state index in [-0.39, 0.29) is 11.3 Å². The Hall–Kier alpha value is -2.50. The van der Waals surface area contributed by atoms with Crippen molar-refractivity contribution in [1.29, 1.82) is 0 Å². The zero-order chi connectivity index (χ0) is 14.8. The first kappa shape index (κ1) is 13.9. The van der Waals surface area contributed by atoms with Crippen LogP contribution in [0.5, 0.6) is 0 Å². The molecule has 0 fully saturated rings. The van der Waals surface area contributed by atoms with Gasteiger partial charge >= 0.3 is 0 Å². The van der Waals surface area contributed by atoms with Crippen molar-refractivity contribution in [1.82, 2.24) is 15.0 Å². The van der Waals surface area contributed by atoms with Gasteiger partial charge in [-0.15, -0.1) is 0 Å². The van der Waals surface area contributed by atoms with E-state index in [0.29, 0.717) is 17.1 Å². The topological polar surface area (TPSA) is 93.8 Å². The molecule has 0 aliphatic rings. The molecule has 0 aromatic carbocycles. The molecule has 2 rings (SSSR count). The molecule has 104 valence electrons. The molecule has 0 saturated carbocycles. The zero-order valence-corrected chi connectivity index (χ0v) is 11.7. The molecule has 2 heterocycles. The van der Waals surface area contributed by atoms with Gasteiger partial charge in [0.1, 0.15) is 12.1 Å². The van der Waals surface area contributed by atoms with Gasteiger partial charge in [0.25, 0.3) is 5.91 Å². The summed E-state index contributed by atoms with van der Waals surface area (Å²) >= 11 is 0. The van der Waals surface area contributed by atoms with Gasteiger partial charge < -0.3 is 11.1 Å². The van der Waals surface area contributed by atoms with E-state index in [1.54, 1.807) is 12.1 Å². The summed E-state index contributed by atoms with van der Waals surface area (Å²) < 4.78 is 0. The SMILES string of the molecule is CC(C)(C)c1cc(C(=O)Nc2cncnc2)cc(N)n1. The Labute approximate surface area is 117 Å². The normalized spacial score (nSPS) is 11.2. The van der Waals surface area contributed by atoms with Crippen molar-refractivity contribution in [2.75, 3.05) is 11.1 Å². The molecule has 2 aromatic heterocycles. The first-order valence-corrected chi connectivity index (χ1v) is 6.20. The Morgan fingerprint density at radius 1 is 1.20 bits per heavy atom. The van der Waals surface area contributed by atoms with Crippen molar-refractivity contribution in [3.63, 3.8) is 0 Å². The number of nitrogen functional groups attached to an aromatic ring is 1. The number of hydrogen-bond acceptors (Lipinski definition) is 5. The molecular formula is C14H17N5O. The standard InChI is InChI=1S/C14H17N5O/c1-14(2,3)11-4-9(5-12(15)19-11)13(20)18-10-6-16-8-17-7-10/h4-8H,1-3H3,(H2,15,19)(H,18,20). The maximum Gasteiger partial charge on any atom is 0.255 e. The number of carbonyl (C=O) groups excluding carboxylic acids is 1. The summed E-state index contributed by atoms with van der Waals surface area (Å²) in [6.07, 6.45) is 4.46. The van der Waals surface area contributed by atoms with Crippen LogP contribution in [-0.4, -0.2) is 20.9 Å². The third kappa shape index (κ3) is 3.28. The number of amides is 1. The van der Waals surface area contributed by atoms with Crippen molar-refractivity contribution in [3.8, 4) is 0 Å². The second-order valence-corrected chi connectivity index (χ2v) is 5.50. The Bertz CT molecular complexity index is 619. The summed E-state index contributed by atoms with van der Waals surface area (Å²) in [4.78, 5) is 24.1. The molecular weight excluding hydrogens is 254 g/mol. The van der Waals surface area contributed by atoms with Gasteiger partial charge in [-0.25, -0.2) is 15.0 Å². The van der Waals surface area contributed by atoms with Crippen LogP contribution >= 0.6 is 0 Å². The number of nitrogens with zero attached hydrogens (tertiary/aromatic N) is 3. The van der Waals surface area contributed by atoms with Crippen LogP contribution in [-0.2, 0) is 5.41 Å². The predicted octanol–water partition coefficient (Wildman–Crippen LogP) is 2.00. The number of carbonyl (C=O) groups is 1. The molecule has 0 unspecified atom stereocenters. The van der Waals surface area contributed by atoms with Gasteiger partial charge in [-0.05, 0) is 12.1 Å². The van der Waals surface area contributed by atoms with E-state index in [2.05, 4.69) is 20.3 Å². The first-order valence-electron chi connectivity index (χ1n) is 6.20. The molecule has 0 spiro atoms. The van der Waals surface area contributed by atoms with Crippen LogP contribution in [0.15, 0.2) is 30.9 Å². The second kappa shape index (κ2) is 5.24. The lowest BCUT2D eigenvalue weighted by Crippen LogP contribution is -2.18. The quantitative estimate of drug-likeness (QED) is 0.871. The Balaban J connectivity index is 2.29. The van der Waals surface area contributed by atoms with Gasteiger partial charge in [0.15, 0.2) is 0 Å². The van der Waals surface area contributed by atoms with Crippen LogP contribution in [0.1, 0.15) is 36.8 Å². The minimum Gasteiger partial charge on any atom is -0.384 e. The number of nitrogens with one attached hydrogen (secondary N) is 1. The molecule has 20 heavy (non-hydrogen) atoms. The Morgan fingerprint density at radius 2 is 1.85 bits per heavy atom. The largest absolute Gasteiger partial charge is 0.384 e. The molecule has 6 nitrogen and oxygen atoms in total. The van der Waals surface area contributed by atoms with E-state index in [9.17, 15) is 4.79 Å². The van der Waals surface area contributed by atoms with E-state index in [4.69, 9.17) is 5.73 Å². The third-order valence-corrected chi connectivity index (χ3v) is 2.69. The summed E-state index contributed by atoms with van der Waals surface area (Å²) in [5.74, 6) is 0.0614. The number of anilines is 2. The summed E-state index contributed by atoms with van der Waals surface area (Å²) in [6, 6.07) is 3.30. The van der Waals surface area contributed by atoms with Crippen LogP contribution < -0.4 is 11.1 Å². The second-order valence-electron chi connectivity index (χ2n) is 5.50. The molecule has 0 atom stereocenters. The summed E-state index contributed by atoms with van der Waals surface area (Å²) in [6.45, 7) is 6.05. The molecule has 2 aromatic rings. The maximum atomic E-state index is 12.2. The first-order chi connectivity index (χ1) is 9.36. The third-order valence-electron chi connectivity index (χ3n) is 2.69. The molecule has 0 aliphatic heterocycles. The van der Waals surface area contributed by atoms with Crippen LogP contribution in [0.2, 0.25) is 0 Å². The highest BCUT2D eigenvalue weighted by atomic mass is 16.1. The average Bonchev–Trinajstić information content (AvgIpc) is 2.38. The highest BCUT2D eigenvalue weighted by molar-refractivity contribution is 6.04. The predicted molar refractivity (Wildman–Crippen MR) is 77.3 cm³/mol. The number of rotatable bonds is 2. The fourth-order valence-corrected chi connectivity index (χ4v) is 1.63. The molecule has 6 heteroatoms. The van der Waals surface area contributed by atoms with Crippen LogP contribution in [0.3, 0.4) is 0 Å². The van der Waals surface area contributed by atoms with Gasteiger partial charge in [-0.3, -0.25) is 4.79 Å². The van der Waals surface area contributed by atoms with Crippen LogP contribution in [0.25, 0.3) is 0 Å². The van der Waals surface area contributed by atoms with Crippen molar-refractivity contribution in [2.24, 2.45) is 0 Å². The smallest absolute Gasteiger partial charge is 0.255 e. The molecule has 0 radical (unpaired) electrons. The van der Waals surface area contributed by atoms with Crippen molar-refractivity contribution in [3.05, 3.63) is 42.1 Å². The highest BCUT2D eigenvalue weighted by Crippen LogP contribution is 2.22. The number of pyridine rings is 1. The van der Waals surface area contributed by atoms with Gasteiger partial charge in [-0.1, -0.05) is 20.8 Å². The molecule has 0 bridgehead atoms. The average molecular weight is 271 g/mol. The van der Waals surface area contributed by atoms with E-state index in [1.165, 1.54) is 18.7 Å². The number of nitrogens with two attached hydrogens (primary N) is 1. The number of hydrogen-bond donors (Lipinski definition) is 2. The summed E-state index contributed by atoms with van der Waals surface area (Å²) in [7, 11) is 0. The fourth-order valence-electron chi connectivity index (χ4n) is 1.63. The number of aromatic nitrogens is 3. The molecule has 0 saturated heterocycles. The van der Waals surface area contributed by atoms with E-state index < -0.39 is 0 Å². The lowest BCUT2D eigenvalue weighted by molar-refractivity contribution is 0.102. The van der Waals surface area contributed by atoms with Crippen molar-refractivity contribution >= 4 is 17.4 Å². The monoisotopic (exact) mass is 271 g/mol. The highest BCUT2D eigenvalue weighted by Gasteiger charge is 2.18. The fraction of sp³-hybridized carbons (Fsp3) is 0.286. The van der Waals surface area contributed by atoms with Gasteiger partial charge in [0.2, 0.25) is 0 Å². The van der Waals surface area contributed by atoms with E-state index >= 15 is 0 Å². The van der Waals surface area contributed by atoms with Gasteiger partial charge in [-0.2, -0.15) is 0 Å². The minimum atomic E-state index is -0.264. The van der Waals surface area contributed by atoms with E-state index in [0.717, 1.165) is 5.69 Å². The van der Waals surface area contributed by atoms with Crippen molar-refractivity contribution < 1.29 is 4.79 Å². The van der Waals surface area contributed by atoms with Crippen LogP contribution in [0.4, 0.5) is 11.5 Å². The zero-order valence-electron chi connectivity index (χ0n) is 11.7.